The summed E-state index contributed by atoms with van der Waals surface area (Å²) in [4.78, 5) is 14.7. The zero-order chi connectivity index (χ0) is 17.4. The SMILES string of the molecule is O=C(c1ccc(Br)cc1)N1CC[C@H]2O[C@H](C3(O)CCCCC3)C[C@H]2C1. The van der Waals surface area contributed by atoms with E-state index < -0.39 is 5.60 Å². The van der Waals surface area contributed by atoms with Gasteiger partial charge in [-0.05, 0) is 49.9 Å². The molecule has 136 valence electrons. The summed E-state index contributed by atoms with van der Waals surface area (Å²) in [7, 11) is 0. The van der Waals surface area contributed by atoms with E-state index in [0.29, 0.717) is 5.92 Å². The van der Waals surface area contributed by atoms with Crippen LogP contribution in [0.15, 0.2) is 28.7 Å². The van der Waals surface area contributed by atoms with Gasteiger partial charge >= 0.3 is 0 Å². The Balaban J connectivity index is 1.41. The molecule has 2 aliphatic heterocycles. The highest BCUT2D eigenvalue weighted by Crippen LogP contribution is 2.42. The second-order valence-electron chi connectivity index (χ2n) is 7.87. The Labute approximate surface area is 157 Å². The Bertz CT molecular complexity index is 626. The van der Waals surface area contributed by atoms with Gasteiger partial charge in [0.1, 0.15) is 0 Å². The van der Waals surface area contributed by atoms with Gasteiger partial charge in [0.25, 0.3) is 5.91 Å². The van der Waals surface area contributed by atoms with Gasteiger partial charge in [-0.1, -0.05) is 35.2 Å². The Morgan fingerprint density at radius 3 is 2.64 bits per heavy atom. The van der Waals surface area contributed by atoms with Crippen molar-refractivity contribution in [1.82, 2.24) is 4.90 Å². The van der Waals surface area contributed by atoms with Crippen molar-refractivity contribution in [2.24, 2.45) is 5.92 Å². The number of amides is 1. The van der Waals surface area contributed by atoms with Gasteiger partial charge < -0.3 is 14.7 Å². The minimum Gasteiger partial charge on any atom is -0.387 e. The van der Waals surface area contributed by atoms with Gasteiger partial charge in [0, 0.05) is 29.0 Å². The third kappa shape index (κ3) is 3.51. The van der Waals surface area contributed by atoms with Gasteiger partial charge in [-0.25, -0.2) is 0 Å². The predicted octanol–water partition coefficient (Wildman–Crippen LogP) is 3.76. The first-order valence-corrected chi connectivity index (χ1v) is 10.3. The number of carbonyl (C=O) groups is 1. The zero-order valence-corrected chi connectivity index (χ0v) is 16.1. The van der Waals surface area contributed by atoms with Crippen LogP contribution in [0.25, 0.3) is 0 Å². The Morgan fingerprint density at radius 2 is 1.92 bits per heavy atom. The zero-order valence-electron chi connectivity index (χ0n) is 14.5. The third-order valence-electron chi connectivity index (χ3n) is 6.22. The minimum absolute atomic E-state index is 0.0504. The molecule has 1 N–H and O–H groups in total. The van der Waals surface area contributed by atoms with Gasteiger partial charge in [-0.15, -0.1) is 0 Å². The number of fused-ring (bicyclic) bond motifs is 1. The minimum atomic E-state index is -0.643. The number of nitrogens with zero attached hydrogens (tertiary/aromatic N) is 1. The Morgan fingerprint density at radius 1 is 1.20 bits per heavy atom. The van der Waals surface area contributed by atoms with Crippen molar-refractivity contribution in [1.29, 1.82) is 0 Å². The number of hydrogen-bond donors (Lipinski definition) is 1. The number of halogens is 1. The maximum atomic E-state index is 12.8. The topological polar surface area (TPSA) is 49.8 Å². The van der Waals surface area contributed by atoms with Crippen LogP contribution in [0.3, 0.4) is 0 Å². The van der Waals surface area contributed by atoms with Crippen LogP contribution in [0.5, 0.6) is 0 Å². The van der Waals surface area contributed by atoms with E-state index in [1.54, 1.807) is 0 Å². The molecule has 3 atom stereocenters. The van der Waals surface area contributed by atoms with Gasteiger partial charge in [-0.3, -0.25) is 4.79 Å². The second-order valence-corrected chi connectivity index (χ2v) is 8.79. The lowest BCUT2D eigenvalue weighted by Crippen LogP contribution is -2.44. The van der Waals surface area contributed by atoms with Crippen LogP contribution in [0.1, 0.15) is 55.3 Å². The Hall–Kier alpha value is -0.910. The lowest BCUT2D eigenvalue weighted by Gasteiger charge is -2.37. The molecule has 25 heavy (non-hydrogen) atoms. The van der Waals surface area contributed by atoms with Crippen LogP contribution in [0.2, 0.25) is 0 Å². The maximum Gasteiger partial charge on any atom is 0.253 e. The monoisotopic (exact) mass is 407 g/mol. The lowest BCUT2D eigenvalue weighted by atomic mass is 9.78. The number of aliphatic hydroxyl groups is 1. The number of ether oxygens (including phenoxy) is 1. The molecule has 3 aliphatic rings. The van der Waals surface area contributed by atoms with Crippen LogP contribution in [0, 0.1) is 5.92 Å². The van der Waals surface area contributed by atoms with Crippen molar-refractivity contribution in [2.45, 2.75) is 62.8 Å². The summed E-state index contributed by atoms with van der Waals surface area (Å²) < 4.78 is 7.25. The number of piperidine rings is 1. The van der Waals surface area contributed by atoms with Crippen LogP contribution in [-0.2, 0) is 4.74 Å². The molecule has 1 aromatic rings. The molecule has 1 aromatic carbocycles. The summed E-state index contributed by atoms with van der Waals surface area (Å²) in [5.74, 6) is 0.454. The van der Waals surface area contributed by atoms with Crippen LogP contribution in [-0.4, -0.2) is 46.8 Å². The fourth-order valence-corrected chi connectivity index (χ4v) is 5.01. The van der Waals surface area contributed by atoms with Gasteiger partial charge in [0.15, 0.2) is 0 Å². The first-order chi connectivity index (χ1) is 12.0. The normalized spacial score (nSPS) is 31.6. The predicted molar refractivity (Wildman–Crippen MR) is 99.5 cm³/mol. The van der Waals surface area contributed by atoms with E-state index >= 15 is 0 Å². The summed E-state index contributed by atoms with van der Waals surface area (Å²) in [6.45, 7) is 1.48. The molecule has 3 fully saturated rings. The molecular weight excluding hydrogens is 382 g/mol. The highest BCUT2D eigenvalue weighted by Gasteiger charge is 2.48. The largest absolute Gasteiger partial charge is 0.387 e. The third-order valence-corrected chi connectivity index (χ3v) is 6.75. The average molecular weight is 408 g/mol. The van der Waals surface area contributed by atoms with Crippen LogP contribution >= 0.6 is 15.9 Å². The van der Waals surface area contributed by atoms with E-state index in [0.717, 1.165) is 61.7 Å². The molecule has 4 rings (SSSR count). The van der Waals surface area contributed by atoms with Crippen molar-refractivity contribution < 1.29 is 14.6 Å². The van der Waals surface area contributed by atoms with E-state index in [-0.39, 0.29) is 18.1 Å². The second kappa shape index (κ2) is 7.01. The molecule has 1 aliphatic carbocycles. The Kier molecular flexibility index (Phi) is 4.91. The highest BCUT2D eigenvalue weighted by molar-refractivity contribution is 9.10. The molecule has 1 amide bonds. The lowest BCUT2D eigenvalue weighted by molar-refractivity contribution is -0.124. The molecule has 0 bridgehead atoms. The van der Waals surface area contributed by atoms with Crippen LogP contribution < -0.4 is 0 Å². The average Bonchev–Trinajstić information content (AvgIpc) is 3.06. The van der Waals surface area contributed by atoms with E-state index in [2.05, 4.69) is 15.9 Å². The molecule has 1 saturated carbocycles. The molecular formula is C20H26BrNO3. The van der Waals surface area contributed by atoms with Crippen molar-refractivity contribution in [2.75, 3.05) is 13.1 Å². The van der Waals surface area contributed by atoms with Gasteiger partial charge in [0.2, 0.25) is 0 Å². The molecule has 5 heteroatoms. The first-order valence-electron chi connectivity index (χ1n) is 9.48. The summed E-state index contributed by atoms with van der Waals surface area (Å²) in [5.41, 5.74) is 0.0962. The van der Waals surface area contributed by atoms with E-state index in [9.17, 15) is 9.90 Å². The number of rotatable bonds is 2. The smallest absolute Gasteiger partial charge is 0.253 e. The van der Waals surface area contributed by atoms with Crippen LogP contribution in [0.4, 0.5) is 0 Å². The molecule has 2 heterocycles. The summed E-state index contributed by atoms with van der Waals surface area (Å²) in [6, 6.07) is 7.56. The molecule has 0 radical (unpaired) electrons. The van der Waals surface area contributed by atoms with E-state index in [1.165, 1.54) is 6.42 Å². The number of benzene rings is 1. The highest BCUT2D eigenvalue weighted by atomic mass is 79.9. The number of hydrogen-bond acceptors (Lipinski definition) is 3. The molecule has 2 saturated heterocycles. The molecule has 4 nitrogen and oxygen atoms in total. The van der Waals surface area contributed by atoms with Crippen molar-refractivity contribution in [3.63, 3.8) is 0 Å². The first kappa shape index (κ1) is 17.5. The van der Waals surface area contributed by atoms with Crippen molar-refractivity contribution in [3.05, 3.63) is 34.3 Å². The number of carbonyl (C=O) groups excluding carboxylic acids is 1. The van der Waals surface area contributed by atoms with E-state index in [4.69, 9.17) is 4.74 Å². The van der Waals surface area contributed by atoms with Gasteiger partial charge in [-0.2, -0.15) is 0 Å². The standard InChI is InChI=1S/C20H26BrNO3/c21-16-6-4-14(5-7-16)19(23)22-11-8-17-15(13-22)12-18(25-17)20(24)9-2-1-3-10-20/h4-7,15,17-18,24H,1-3,8-13H2/t15-,17+,18-/m0/s1. The van der Waals surface area contributed by atoms with Crippen molar-refractivity contribution in [3.8, 4) is 0 Å². The summed E-state index contributed by atoms with van der Waals surface area (Å²) >= 11 is 3.41. The number of likely N-dealkylation sites (tertiary alicyclic amines) is 1. The molecule has 0 aromatic heterocycles. The maximum absolute atomic E-state index is 12.8. The fourth-order valence-electron chi connectivity index (χ4n) is 4.75. The quantitative estimate of drug-likeness (QED) is 0.811. The summed E-state index contributed by atoms with van der Waals surface area (Å²) in [5, 5.41) is 11.0. The molecule has 0 spiro atoms. The van der Waals surface area contributed by atoms with Gasteiger partial charge in [0.05, 0.1) is 17.8 Å². The van der Waals surface area contributed by atoms with E-state index in [1.807, 2.05) is 29.2 Å². The van der Waals surface area contributed by atoms with Crippen molar-refractivity contribution >= 4 is 21.8 Å². The summed E-state index contributed by atoms with van der Waals surface area (Å²) in [6.07, 6.45) is 7.04. The molecule has 0 unspecified atom stereocenters. The fraction of sp³-hybridized carbons (Fsp3) is 0.650.